The summed E-state index contributed by atoms with van der Waals surface area (Å²) in [6.07, 6.45) is 2.69. The average molecular weight is 277 g/mol. The van der Waals surface area contributed by atoms with Crippen molar-refractivity contribution in [1.29, 1.82) is 0 Å². The monoisotopic (exact) mass is 277 g/mol. The Hall–Kier alpha value is -2.04. The van der Waals surface area contributed by atoms with Gasteiger partial charge in [0.1, 0.15) is 11.3 Å². The quantitative estimate of drug-likeness (QED) is 0.790. The number of phenols is 1. The van der Waals surface area contributed by atoms with Crippen LogP contribution in [-0.2, 0) is 4.79 Å². The van der Waals surface area contributed by atoms with Gasteiger partial charge in [-0.15, -0.1) is 0 Å². The molecule has 1 aliphatic carbocycles. The molecule has 1 aliphatic rings. The number of phenolic OH excluding ortho intramolecular Hbond substituents is 1. The van der Waals surface area contributed by atoms with E-state index in [1.807, 2.05) is 6.92 Å². The Balaban J connectivity index is 2.18. The first-order valence-electron chi connectivity index (χ1n) is 6.78. The van der Waals surface area contributed by atoms with Crippen LogP contribution in [-0.4, -0.2) is 27.6 Å². The van der Waals surface area contributed by atoms with Crippen LogP contribution in [0.5, 0.6) is 5.75 Å². The Morgan fingerprint density at radius 3 is 2.50 bits per heavy atom. The van der Waals surface area contributed by atoms with Crippen molar-refractivity contribution in [1.82, 2.24) is 5.32 Å². The number of hydrogen-bond donors (Lipinski definition) is 3. The van der Waals surface area contributed by atoms with Gasteiger partial charge in [0, 0.05) is 5.56 Å². The van der Waals surface area contributed by atoms with Crippen molar-refractivity contribution in [2.75, 3.05) is 0 Å². The van der Waals surface area contributed by atoms with Gasteiger partial charge < -0.3 is 15.5 Å². The summed E-state index contributed by atoms with van der Waals surface area (Å²) in [6.45, 7) is 2.00. The second-order valence-electron chi connectivity index (χ2n) is 5.59. The maximum Gasteiger partial charge on any atom is 0.329 e. The minimum atomic E-state index is -1.17. The fourth-order valence-corrected chi connectivity index (χ4v) is 2.81. The predicted octanol–water partition coefficient (Wildman–Crippen LogP) is 2.16. The number of carboxylic acid groups (broad SMARTS) is 1. The summed E-state index contributed by atoms with van der Waals surface area (Å²) in [5.41, 5.74) is -0.825. The van der Waals surface area contributed by atoms with Gasteiger partial charge in [-0.25, -0.2) is 4.79 Å². The lowest BCUT2D eigenvalue weighted by Gasteiger charge is -2.37. The number of aromatic hydroxyl groups is 1. The lowest BCUT2D eigenvalue weighted by atomic mass is 9.76. The third-order valence-corrected chi connectivity index (χ3v) is 3.89. The van der Waals surface area contributed by atoms with E-state index < -0.39 is 17.4 Å². The van der Waals surface area contributed by atoms with Crippen molar-refractivity contribution in [3.63, 3.8) is 0 Å². The van der Waals surface area contributed by atoms with E-state index in [1.165, 1.54) is 24.3 Å². The summed E-state index contributed by atoms with van der Waals surface area (Å²) in [6, 6.07) is 5.77. The van der Waals surface area contributed by atoms with E-state index in [-0.39, 0.29) is 11.7 Å². The van der Waals surface area contributed by atoms with Crippen LogP contribution in [0.4, 0.5) is 0 Å². The first-order valence-corrected chi connectivity index (χ1v) is 6.78. The lowest BCUT2D eigenvalue weighted by Crippen LogP contribution is -2.56. The molecule has 0 aromatic heterocycles. The molecular formula is C15H19NO4. The number of aliphatic carboxylic acids is 1. The molecule has 2 rings (SSSR count). The van der Waals surface area contributed by atoms with Crippen molar-refractivity contribution in [2.24, 2.45) is 5.92 Å². The molecule has 3 N–H and O–H groups in total. The topological polar surface area (TPSA) is 86.6 Å². The van der Waals surface area contributed by atoms with Gasteiger partial charge in [0.15, 0.2) is 0 Å². The highest BCUT2D eigenvalue weighted by Crippen LogP contribution is 2.32. The Morgan fingerprint density at radius 1 is 1.30 bits per heavy atom. The van der Waals surface area contributed by atoms with Gasteiger partial charge >= 0.3 is 5.97 Å². The standard InChI is InChI=1S/C15H19NO4/c1-10-3-2-8-15(9-10,14(19)20)16-13(18)11-4-6-12(17)7-5-11/h4-7,10,17H,2-3,8-9H2,1H3,(H,16,18)(H,19,20). The van der Waals surface area contributed by atoms with Gasteiger partial charge in [0.25, 0.3) is 5.91 Å². The molecule has 0 spiro atoms. The highest BCUT2D eigenvalue weighted by Gasteiger charge is 2.43. The van der Waals surface area contributed by atoms with Crippen molar-refractivity contribution in [3.8, 4) is 5.75 Å². The summed E-state index contributed by atoms with van der Waals surface area (Å²) in [7, 11) is 0. The van der Waals surface area contributed by atoms with Crippen molar-refractivity contribution in [3.05, 3.63) is 29.8 Å². The maximum absolute atomic E-state index is 12.2. The summed E-state index contributed by atoms with van der Waals surface area (Å²) in [5.74, 6) is -1.04. The van der Waals surface area contributed by atoms with E-state index in [1.54, 1.807) is 0 Å². The largest absolute Gasteiger partial charge is 0.508 e. The van der Waals surface area contributed by atoms with E-state index in [2.05, 4.69) is 5.32 Å². The van der Waals surface area contributed by atoms with E-state index in [4.69, 9.17) is 0 Å². The van der Waals surface area contributed by atoms with Gasteiger partial charge in [-0.3, -0.25) is 4.79 Å². The molecule has 2 unspecified atom stereocenters. The van der Waals surface area contributed by atoms with Crippen LogP contribution in [0.15, 0.2) is 24.3 Å². The Kier molecular flexibility index (Phi) is 3.97. The van der Waals surface area contributed by atoms with Crippen molar-refractivity contribution >= 4 is 11.9 Å². The number of hydrogen-bond acceptors (Lipinski definition) is 3. The first-order chi connectivity index (χ1) is 9.43. The maximum atomic E-state index is 12.2. The van der Waals surface area contributed by atoms with E-state index >= 15 is 0 Å². The normalized spacial score (nSPS) is 25.9. The second-order valence-corrected chi connectivity index (χ2v) is 5.59. The van der Waals surface area contributed by atoms with Gasteiger partial charge in [-0.1, -0.05) is 19.8 Å². The van der Waals surface area contributed by atoms with Crippen LogP contribution in [0, 0.1) is 5.92 Å². The van der Waals surface area contributed by atoms with E-state index in [0.29, 0.717) is 18.4 Å². The molecule has 0 bridgehead atoms. The van der Waals surface area contributed by atoms with Crippen LogP contribution < -0.4 is 5.32 Å². The number of nitrogens with one attached hydrogen (secondary N) is 1. The van der Waals surface area contributed by atoms with Crippen molar-refractivity contribution < 1.29 is 19.8 Å². The van der Waals surface area contributed by atoms with Gasteiger partial charge in [0.2, 0.25) is 0 Å². The predicted molar refractivity (Wildman–Crippen MR) is 73.6 cm³/mol. The zero-order chi connectivity index (χ0) is 14.8. The summed E-state index contributed by atoms with van der Waals surface area (Å²) in [4.78, 5) is 23.8. The highest BCUT2D eigenvalue weighted by atomic mass is 16.4. The Bertz CT molecular complexity index is 511. The SMILES string of the molecule is CC1CCCC(NC(=O)c2ccc(O)cc2)(C(=O)O)C1. The lowest BCUT2D eigenvalue weighted by molar-refractivity contribution is -0.146. The smallest absolute Gasteiger partial charge is 0.329 e. The van der Waals surface area contributed by atoms with Crippen LogP contribution in [0.25, 0.3) is 0 Å². The van der Waals surface area contributed by atoms with Crippen LogP contribution in [0.2, 0.25) is 0 Å². The van der Waals surface area contributed by atoms with Crippen molar-refractivity contribution in [2.45, 2.75) is 38.1 Å². The zero-order valence-corrected chi connectivity index (χ0v) is 11.4. The molecule has 0 aliphatic heterocycles. The van der Waals surface area contributed by atoms with E-state index in [0.717, 1.165) is 12.8 Å². The fourth-order valence-electron chi connectivity index (χ4n) is 2.81. The molecule has 1 aromatic carbocycles. The molecule has 2 atom stereocenters. The molecule has 1 aromatic rings. The summed E-state index contributed by atoms with van der Waals surface area (Å²) in [5, 5.41) is 21.4. The summed E-state index contributed by atoms with van der Waals surface area (Å²) < 4.78 is 0. The van der Waals surface area contributed by atoms with Crippen LogP contribution in [0.3, 0.4) is 0 Å². The minimum absolute atomic E-state index is 0.0702. The highest BCUT2D eigenvalue weighted by molar-refractivity contribution is 5.98. The molecule has 0 saturated heterocycles. The third-order valence-electron chi connectivity index (χ3n) is 3.89. The van der Waals surface area contributed by atoms with Crippen LogP contribution >= 0.6 is 0 Å². The van der Waals surface area contributed by atoms with Gasteiger partial charge in [-0.05, 0) is 43.0 Å². The number of rotatable bonds is 3. The molecular weight excluding hydrogens is 258 g/mol. The Morgan fingerprint density at radius 2 is 1.95 bits per heavy atom. The molecule has 5 heteroatoms. The van der Waals surface area contributed by atoms with Gasteiger partial charge in [-0.2, -0.15) is 0 Å². The number of benzene rings is 1. The van der Waals surface area contributed by atoms with Gasteiger partial charge in [0.05, 0.1) is 0 Å². The molecule has 0 radical (unpaired) electrons. The fraction of sp³-hybridized carbons (Fsp3) is 0.467. The molecule has 108 valence electrons. The number of carbonyl (C=O) groups is 2. The minimum Gasteiger partial charge on any atom is -0.508 e. The molecule has 5 nitrogen and oxygen atoms in total. The molecule has 1 amide bonds. The third kappa shape index (κ3) is 2.92. The molecule has 1 fully saturated rings. The molecule has 20 heavy (non-hydrogen) atoms. The first kappa shape index (κ1) is 14.4. The molecule has 1 saturated carbocycles. The Labute approximate surface area is 117 Å². The second kappa shape index (κ2) is 5.53. The molecule has 0 heterocycles. The average Bonchev–Trinajstić information content (AvgIpc) is 2.39. The number of amides is 1. The van der Waals surface area contributed by atoms with Crippen LogP contribution in [0.1, 0.15) is 43.0 Å². The summed E-state index contributed by atoms with van der Waals surface area (Å²) >= 11 is 0. The number of carboxylic acids is 1. The zero-order valence-electron chi connectivity index (χ0n) is 11.4. The van der Waals surface area contributed by atoms with E-state index in [9.17, 15) is 19.8 Å². The number of carbonyl (C=O) groups excluding carboxylic acids is 1.